The van der Waals surface area contributed by atoms with Crippen LogP contribution in [0.15, 0.2) is 42.5 Å². The number of hydrogen-bond acceptors (Lipinski definition) is 5. The Balaban J connectivity index is 2.11. The van der Waals surface area contributed by atoms with Crippen LogP contribution in [0.1, 0.15) is 55.8 Å². The second-order valence-corrected chi connectivity index (χ2v) is 7.23. The average molecular weight is 388 g/mol. The Kier molecular flexibility index (Phi) is 8.39. The van der Waals surface area contributed by atoms with E-state index >= 15 is 0 Å². The molecule has 0 aromatic heterocycles. The molecular weight excluding hydrogens is 360 g/mol. The zero-order valence-electron chi connectivity index (χ0n) is 16.1. The number of esters is 1. The second kappa shape index (κ2) is 10.8. The number of aliphatic hydroxyl groups is 1. The Morgan fingerprint density at radius 2 is 1.89 bits per heavy atom. The Bertz CT molecular complexity index is 696. The lowest BCUT2D eigenvalue weighted by atomic mass is 9.90. The maximum Gasteiger partial charge on any atom is 0.338 e. The molecule has 28 heavy (non-hydrogen) atoms. The highest BCUT2D eigenvalue weighted by Gasteiger charge is 2.44. The van der Waals surface area contributed by atoms with E-state index in [0.717, 1.165) is 19.3 Å². The van der Waals surface area contributed by atoms with Crippen molar-refractivity contribution in [3.63, 3.8) is 0 Å². The monoisotopic (exact) mass is 388 g/mol. The summed E-state index contributed by atoms with van der Waals surface area (Å²) in [6.45, 7) is 2.06. The number of benzene rings is 1. The fourth-order valence-corrected chi connectivity index (χ4v) is 3.60. The first kappa shape index (κ1) is 21.8. The smallest absolute Gasteiger partial charge is 0.338 e. The number of ether oxygens (including phenoxy) is 1. The van der Waals surface area contributed by atoms with Crippen LogP contribution in [0.25, 0.3) is 0 Å². The summed E-state index contributed by atoms with van der Waals surface area (Å²) in [7, 11) is 0. The summed E-state index contributed by atoms with van der Waals surface area (Å²) >= 11 is 0. The van der Waals surface area contributed by atoms with E-state index in [2.05, 4.69) is 6.92 Å². The molecule has 1 fully saturated rings. The highest BCUT2D eigenvalue weighted by Crippen LogP contribution is 2.38. The van der Waals surface area contributed by atoms with Crippen LogP contribution in [-0.4, -0.2) is 40.1 Å². The van der Waals surface area contributed by atoms with Gasteiger partial charge in [-0.2, -0.15) is 0 Å². The number of allylic oxidation sites excluding steroid dienone is 1. The van der Waals surface area contributed by atoms with Gasteiger partial charge in [0, 0.05) is 24.7 Å². The number of aliphatic carboxylic acids is 1. The molecule has 0 heterocycles. The fraction of sp³-hybridized carbons (Fsp3) is 0.500. The lowest BCUT2D eigenvalue weighted by Gasteiger charge is -2.21. The number of hydrogen-bond donors (Lipinski definition) is 2. The van der Waals surface area contributed by atoms with Gasteiger partial charge in [0.1, 0.15) is 6.10 Å². The van der Waals surface area contributed by atoms with Crippen molar-refractivity contribution in [1.29, 1.82) is 0 Å². The second-order valence-electron chi connectivity index (χ2n) is 7.23. The molecular formula is C22H28O6. The topological polar surface area (TPSA) is 101 Å². The molecule has 1 aromatic rings. The molecule has 1 saturated carbocycles. The summed E-state index contributed by atoms with van der Waals surface area (Å²) in [6.07, 6.45) is 4.59. The van der Waals surface area contributed by atoms with Crippen molar-refractivity contribution < 1.29 is 29.3 Å². The normalized spacial score (nSPS) is 24.4. The third-order valence-corrected chi connectivity index (χ3v) is 5.10. The molecule has 0 bridgehead atoms. The Labute approximate surface area is 165 Å². The summed E-state index contributed by atoms with van der Waals surface area (Å²) in [6, 6.07) is 8.49. The highest BCUT2D eigenvalue weighted by molar-refractivity contribution is 5.90. The first-order valence-electron chi connectivity index (χ1n) is 9.79. The van der Waals surface area contributed by atoms with Gasteiger partial charge >= 0.3 is 11.9 Å². The quantitative estimate of drug-likeness (QED) is 0.362. The van der Waals surface area contributed by atoms with Crippen LogP contribution >= 0.6 is 0 Å². The van der Waals surface area contributed by atoms with E-state index in [9.17, 15) is 19.5 Å². The lowest BCUT2D eigenvalue weighted by Crippen LogP contribution is -2.26. The van der Waals surface area contributed by atoms with E-state index in [0.29, 0.717) is 12.0 Å². The predicted molar refractivity (Wildman–Crippen MR) is 104 cm³/mol. The molecule has 0 spiro atoms. The van der Waals surface area contributed by atoms with Crippen LogP contribution in [0.3, 0.4) is 0 Å². The molecule has 1 aliphatic rings. The third-order valence-electron chi connectivity index (χ3n) is 5.10. The first-order chi connectivity index (χ1) is 13.4. The van der Waals surface area contributed by atoms with Crippen LogP contribution in [0.2, 0.25) is 0 Å². The molecule has 152 valence electrons. The van der Waals surface area contributed by atoms with Crippen molar-refractivity contribution in [2.45, 2.75) is 57.7 Å². The number of carboxylic acid groups (broad SMARTS) is 1. The molecule has 4 atom stereocenters. The van der Waals surface area contributed by atoms with E-state index in [1.54, 1.807) is 36.4 Å². The van der Waals surface area contributed by atoms with E-state index < -0.39 is 36.0 Å². The van der Waals surface area contributed by atoms with Gasteiger partial charge in [-0.25, -0.2) is 4.79 Å². The van der Waals surface area contributed by atoms with Gasteiger partial charge in [-0.1, -0.05) is 44.0 Å². The number of carboxylic acids is 1. The minimum Gasteiger partial charge on any atom is -0.481 e. The Morgan fingerprint density at radius 3 is 2.54 bits per heavy atom. The molecule has 2 rings (SSSR count). The van der Waals surface area contributed by atoms with Gasteiger partial charge in [-0.15, -0.1) is 0 Å². The van der Waals surface area contributed by atoms with Crippen molar-refractivity contribution in [3.05, 3.63) is 48.0 Å². The highest BCUT2D eigenvalue weighted by atomic mass is 16.5. The molecule has 0 saturated heterocycles. The van der Waals surface area contributed by atoms with Gasteiger partial charge < -0.3 is 14.9 Å². The largest absolute Gasteiger partial charge is 0.481 e. The molecule has 1 aromatic carbocycles. The molecule has 6 heteroatoms. The van der Waals surface area contributed by atoms with Gasteiger partial charge in [0.25, 0.3) is 0 Å². The average Bonchev–Trinajstić information content (AvgIpc) is 2.95. The van der Waals surface area contributed by atoms with E-state index in [4.69, 9.17) is 9.84 Å². The van der Waals surface area contributed by atoms with Gasteiger partial charge in [-0.05, 0) is 24.6 Å². The van der Waals surface area contributed by atoms with Crippen LogP contribution in [-0.2, 0) is 14.3 Å². The summed E-state index contributed by atoms with van der Waals surface area (Å²) in [5.74, 6) is -2.73. The molecule has 2 N–H and O–H groups in total. The third kappa shape index (κ3) is 6.30. The maximum absolute atomic E-state index is 12.4. The number of ketones is 1. The predicted octanol–water partition coefficient (Wildman–Crippen LogP) is 3.39. The number of carbonyl (C=O) groups is 3. The maximum atomic E-state index is 12.4. The lowest BCUT2D eigenvalue weighted by molar-refractivity contribution is -0.139. The van der Waals surface area contributed by atoms with Crippen molar-refractivity contribution >= 4 is 17.7 Å². The summed E-state index contributed by atoms with van der Waals surface area (Å²) in [5.41, 5.74) is 0.386. The minimum absolute atomic E-state index is 0.0444. The number of aliphatic hydroxyl groups excluding tert-OH is 1. The summed E-state index contributed by atoms with van der Waals surface area (Å²) < 4.78 is 5.57. The first-order valence-corrected chi connectivity index (χ1v) is 9.79. The fourth-order valence-electron chi connectivity index (χ4n) is 3.60. The summed E-state index contributed by atoms with van der Waals surface area (Å²) in [5, 5.41) is 19.5. The standard InChI is InChI=1S/C22H28O6/c1-2-3-5-10-16(23)11-12-17-18(13-21(25)26)19(24)14-20(17)28-22(27)15-8-6-4-7-9-15/h4,6-9,11-12,17-20,24H,2-3,5,10,13-14H2,1H3,(H,25,26)/t17-,18-,19+,20-/m0/s1. The summed E-state index contributed by atoms with van der Waals surface area (Å²) in [4.78, 5) is 35.6. The molecule has 0 amide bonds. The Morgan fingerprint density at radius 1 is 1.18 bits per heavy atom. The molecule has 0 unspecified atom stereocenters. The van der Waals surface area contributed by atoms with Crippen LogP contribution < -0.4 is 0 Å². The zero-order valence-corrected chi connectivity index (χ0v) is 16.1. The van der Waals surface area contributed by atoms with Crippen LogP contribution in [0.4, 0.5) is 0 Å². The number of carbonyl (C=O) groups excluding carboxylic acids is 2. The Hall–Kier alpha value is -2.47. The zero-order chi connectivity index (χ0) is 20.5. The van der Waals surface area contributed by atoms with Crippen LogP contribution in [0, 0.1) is 11.8 Å². The van der Waals surface area contributed by atoms with Gasteiger partial charge in [0.05, 0.1) is 18.1 Å². The minimum atomic E-state index is -1.04. The molecule has 6 nitrogen and oxygen atoms in total. The van der Waals surface area contributed by atoms with Crippen molar-refractivity contribution in [2.24, 2.45) is 11.8 Å². The molecule has 0 radical (unpaired) electrons. The van der Waals surface area contributed by atoms with E-state index in [1.807, 2.05) is 0 Å². The van der Waals surface area contributed by atoms with Crippen molar-refractivity contribution in [3.8, 4) is 0 Å². The number of rotatable bonds is 10. The molecule has 0 aliphatic heterocycles. The van der Waals surface area contributed by atoms with Crippen molar-refractivity contribution in [1.82, 2.24) is 0 Å². The SMILES string of the molecule is CCCCCC(=O)C=C[C@H]1[C@H](CC(=O)O)[C@H](O)C[C@@H]1OC(=O)c1ccccc1. The number of unbranched alkanes of at least 4 members (excludes halogenated alkanes) is 2. The van der Waals surface area contributed by atoms with E-state index in [-0.39, 0.29) is 18.6 Å². The van der Waals surface area contributed by atoms with Gasteiger partial charge in [0.2, 0.25) is 0 Å². The van der Waals surface area contributed by atoms with Crippen LogP contribution in [0.5, 0.6) is 0 Å². The van der Waals surface area contributed by atoms with E-state index in [1.165, 1.54) is 6.08 Å². The van der Waals surface area contributed by atoms with Crippen molar-refractivity contribution in [2.75, 3.05) is 0 Å². The van der Waals surface area contributed by atoms with Gasteiger partial charge in [-0.3, -0.25) is 9.59 Å². The molecule has 1 aliphatic carbocycles. The van der Waals surface area contributed by atoms with Gasteiger partial charge in [0.15, 0.2) is 5.78 Å².